The Morgan fingerprint density at radius 2 is 2.26 bits per heavy atom. The quantitative estimate of drug-likeness (QED) is 0.863. The Kier molecular flexibility index (Phi) is 6.65. The van der Waals surface area contributed by atoms with Crippen molar-refractivity contribution in [1.29, 1.82) is 0 Å². The number of hydrogen-bond donors (Lipinski definition) is 2. The van der Waals surface area contributed by atoms with Crippen molar-refractivity contribution in [3.63, 3.8) is 0 Å². The Labute approximate surface area is 152 Å². The molecule has 0 bridgehead atoms. The zero-order valence-electron chi connectivity index (χ0n) is 13.2. The number of amides is 1. The van der Waals surface area contributed by atoms with Crippen molar-refractivity contribution in [1.82, 2.24) is 14.9 Å². The fourth-order valence-corrected chi connectivity index (χ4v) is 3.32. The number of nitrogens with one attached hydrogen (secondary N) is 1. The Bertz CT molecular complexity index is 672. The molecule has 1 fully saturated rings. The number of hydrogen-bond acceptors (Lipinski definition) is 4. The number of carbonyl (C=O) groups excluding carboxylic acids is 1. The van der Waals surface area contributed by atoms with Gasteiger partial charge in [-0.15, -0.1) is 36.2 Å². The van der Waals surface area contributed by atoms with Gasteiger partial charge >= 0.3 is 0 Å². The summed E-state index contributed by atoms with van der Waals surface area (Å²) in [6.45, 7) is 6.23. The highest BCUT2D eigenvalue weighted by Crippen LogP contribution is 2.30. The van der Waals surface area contributed by atoms with E-state index < -0.39 is 0 Å². The van der Waals surface area contributed by atoms with Crippen molar-refractivity contribution < 1.29 is 4.79 Å². The third-order valence-electron chi connectivity index (χ3n) is 4.17. The Hall–Kier alpha value is -1.08. The van der Waals surface area contributed by atoms with Crippen molar-refractivity contribution in [3.8, 4) is 11.3 Å². The lowest BCUT2D eigenvalue weighted by molar-refractivity contribution is 0.0772. The molecule has 5 nitrogen and oxygen atoms in total. The molecule has 0 spiro atoms. The van der Waals surface area contributed by atoms with Gasteiger partial charge in [-0.25, -0.2) is 4.98 Å². The first kappa shape index (κ1) is 20.0. The maximum Gasteiger partial charge on any atom is 0.270 e. The third kappa shape index (κ3) is 4.07. The van der Waals surface area contributed by atoms with Crippen molar-refractivity contribution in [2.24, 2.45) is 11.1 Å². The number of thiazole rings is 1. The first-order chi connectivity index (χ1) is 10.0. The van der Waals surface area contributed by atoms with E-state index in [4.69, 9.17) is 5.73 Å². The maximum atomic E-state index is 12.5. The molecule has 1 amide bonds. The minimum atomic E-state index is 0. The summed E-state index contributed by atoms with van der Waals surface area (Å²) < 4.78 is 0. The number of rotatable bonds is 3. The molecular weight excluding hydrogens is 355 g/mol. The Morgan fingerprint density at radius 3 is 2.83 bits per heavy atom. The number of aryl methyl sites for hydroxylation is 1. The maximum absolute atomic E-state index is 12.5. The normalized spacial score (nSPS) is 20.0. The first-order valence-electron chi connectivity index (χ1n) is 7.11. The van der Waals surface area contributed by atoms with Gasteiger partial charge in [-0.3, -0.25) is 4.79 Å². The first-order valence-corrected chi connectivity index (χ1v) is 7.99. The second-order valence-corrected chi connectivity index (χ2v) is 7.11. The molecule has 8 heteroatoms. The lowest BCUT2D eigenvalue weighted by Crippen LogP contribution is -2.34. The third-order valence-corrected chi connectivity index (χ3v) is 4.94. The molecule has 128 valence electrons. The summed E-state index contributed by atoms with van der Waals surface area (Å²) in [7, 11) is 0. The van der Waals surface area contributed by atoms with E-state index in [-0.39, 0.29) is 36.1 Å². The zero-order chi connectivity index (χ0) is 15.0. The zero-order valence-corrected chi connectivity index (χ0v) is 15.6. The van der Waals surface area contributed by atoms with Crippen LogP contribution in [0.4, 0.5) is 0 Å². The average Bonchev–Trinajstić information content (AvgIpc) is 3.17. The largest absolute Gasteiger partial charge is 0.357 e. The molecule has 0 radical (unpaired) electrons. The van der Waals surface area contributed by atoms with Crippen LogP contribution >= 0.6 is 36.2 Å². The highest BCUT2D eigenvalue weighted by molar-refractivity contribution is 7.09. The lowest BCUT2D eigenvalue weighted by Gasteiger charge is -2.22. The number of nitrogens with zero attached hydrogens (tertiary/aromatic N) is 2. The molecule has 2 aromatic rings. The minimum Gasteiger partial charge on any atom is -0.357 e. The number of aromatic amines is 1. The summed E-state index contributed by atoms with van der Waals surface area (Å²) in [5.41, 5.74) is 8.35. The molecule has 1 aliphatic heterocycles. The van der Waals surface area contributed by atoms with Gasteiger partial charge in [0, 0.05) is 30.2 Å². The van der Waals surface area contributed by atoms with E-state index in [2.05, 4.69) is 16.9 Å². The van der Waals surface area contributed by atoms with Crippen molar-refractivity contribution in [3.05, 3.63) is 28.3 Å². The van der Waals surface area contributed by atoms with Crippen LogP contribution in [0.1, 0.15) is 28.8 Å². The van der Waals surface area contributed by atoms with Crippen LogP contribution in [0.5, 0.6) is 0 Å². The Balaban J connectivity index is 0.00000132. The van der Waals surface area contributed by atoms with E-state index in [0.717, 1.165) is 35.8 Å². The van der Waals surface area contributed by atoms with Gasteiger partial charge in [0.15, 0.2) is 0 Å². The number of halogens is 2. The fourth-order valence-electron chi connectivity index (χ4n) is 2.70. The van der Waals surface area contributed by atoms with E-state index in [0.29, 0.717) is 12.2 Å². The number of H-pyrrole nitrogens is 1. The number of nitrogens with two attached hydrogens (primary N) is 1. The molecule has 3 rings (SSSR count). The van der Waals surface area contributed by atoms with Crippen LogP contribution in [-0.4, -0.2) is 40.4 Å². The van der Waals surface area contributed by atoms with E-state index in [1.165, 1.54) is 0 Å². The minimum absolute atomic E-state index is 0. The molecule has 1 aliphatic rings. The van der Waals surface area contributed by atoms with Crippen LogP contribution < -0.4 is 5.73 Å². The summed E-state index contributed by atoms with van der Waals surface area (Å²) in [6.07, 6.45) is 2.81. The monoisotopic (exact) mass is 376 g/mol. The van der Waals surface area contributed by atoms with Crippen LogP contribution in [-0.2, 0) is 0 Å². The smallest absolute Gasteiger partial charge is 0.270 e. The van der Waals surface area contributed by atoms with Crippen molar-refractivity contribution >= 4 is 42.1 Å². The van der Waals surface area contributed by atoms with Gasteiger partial charge in [0.1, 0.15) is 5.69 Å². The second kappa shape index (κ2) is 7.66. The van der Waals surface area contributed by atoms with E-state index in [1.54, 1.807) is 11.3 Å². The Morgan fingerprint density at radius 1 is 1.52 bits per heavy atom. The van der Waals surface area contributed by atoms with Crippen LogP contribution in [0, 0.1) is 12.3 Å². The molecule has 0 aromatic carbocycles. The van der Waals surface area contributed by atoms with Crippen molar-refractivity contribution in [2.45, 2.75) is 20.3 Å². The van der Waals surface area contributed by atoms with Crippen molar-refractivity contribution in [2.75, 3.05) is 19.6 Å². The topological polar surface area (TPSA) is 75.0 Å². The predicted molar refractivity (Wildman–Crippen MR) is 98.8 cm³/mol. The summed E-state index contributed by atoms with van der Waals surface area (Å²) >= 11 is 1.61. The fraction of sp³-hybridized carbons (Fsp3) is 0.467. The molecule has 3 heterocycles. The van der Waals surface area contributed by atoms with Crippen LogP contribution in [0.2, 0.25) is 0 Å². The van der Waals surface area contributed by atoms with Gasteiger partial charge < -0.3 is 15.6 Å². The molecular formula is C15H22Cl2N4OS. The van der Waals surface area contributed by atoms with Gasteiger partial charge in [-0.05, 0) is 31.4 Å². The molecule has 0 saturated carbocycles. The molecule has 1 atom stereocenters. The SMILES string of the molecule is Cc1nc(-c2c[nH]c(C(=O)N3CCC(C)(CN)C3)c2)cs1.Cl.Cl. The van der Waals surface area contributed by atoms with Crippen LogP contribution in [0.25, 0.3) is 11.3 Å². The highest BCUT2D eigenvalue weighted by atomic mass is 35.5. The van der Waals surface area contributed by atoms with E-state index in [1.807, 2.05) is 29.5 Å². The molecule has 0 aliphatic carbocycles. The lowest BCUT2D eigenvalue weighted by atomic mass is 9.90. The van der Waals surface area contributed by atoms with Crippen LogP contribution in [0.3, 0.4) is 0 Å². The summed E-state index contributed by atoms with van der Waals surface area (Å²) in [4.78, 5) is 21.9. The molecule has 1 saturated heterocycles. The van der Waals surface area contributed by atoms with Gasteiger partial charge in [0.05, 0.1) is 10.7 Å². The van der Waals surface area contributed by atoms with Crippen LogP contribution in [0.15, 0.2) is 17.6 Å². The summed E-state index contributed by atoms with van der Waals surface area (Å²) in [5, 5.41) is 3.03. The average molecular weight is 377 g/mol. The predicted octanol–water partition coefficient (Wildman–Crippen LogP) is 3.10. The van der Waals surface area contributed by atoms with Gasteiger partial charge in [-0.1, -0.05) is 6.92 Å². The standard InChI is InChI=1S/C15H20N4OS.2ClH/c1-10-18-13(7-21-10)11-5-12(17-6-11)14(20)19-4-3-15(2,8-16)9-19;;/h5-7,17H,3-4,8-9,16H2,1-2H3;2*1H. The molecule has 3 N–H and O–H groups in total. The highest BCUT2D eigenvalue weighted by Gasteiger charge is 2.35. The van der Waals surface area contributed by atoms with Gasteiger partial charge in [0.25, 0.3) is 5.91 Å². The van der Waals surface area contributed by atoms with Gasteiger partial charge in [-0.2, -0.15) is 0 Å². The number of carbonyl (C=O) groups is 1. The van der Waals surface area contributed by atoms with E-state index >= 15 is 0 Å². The molecule has 2 aromatic heterocycles. The summed E-state index contributed by atoms with van der Waals surface area (Å²) in [5.74, 6) is 0.0466. The number of likely N-dealkylation sites (tertiary alicyclic amines) is 1. The second-order valence-electron chi connectivity index (χ2n) is 6.05. The van der Waals surface area contributed by atoms with E-state index in [9.17, 15) is 4.79 Å². The molecule has 1 unspecified atom stereocenters. The molecule has 23 heavy (non-hydrogen) atoms. The number of aromatic nitrogens is 2. The van der Waals surface area contributed by atoms with Gasteiger partial charge in [0.2, 0.25) is 0 Å². The summed E-state index contributed by atoms with van der Waals surface area (Å²) in [6, 6.07) is 1.88.